The van der Waals surface area contributed by atoms with E-state index in [0.717, 1.165) is 43.3 Å². The molecule has 5 nitrogen and oxygen atoms in total. The molecule has 0 atom stereocenters. The van der Waals surface area contributed by atoms with Crippen LogP contribution in [-0.2, 0) is 11.3 Å². The molecule has 1 saturated heterocycles. The van der Waals surface area contributed by atoms with Crippen LogP contribution in [0.5, 0.6) is 0 Å². The Morgan fingerprint density at radius 1 is 1.50 bits per heavy atom. The number of anilines is 1. The van der Waals surface area contributed by atoms with E-state index < -0.39 is 0 Å². The highest BCUT2D eigenvalue weighted by Gasteiger charge is 2.26. The fraction of sp³-hybridized carbons (Fsp3) is 0.538. The van der Waals surface area contributed by atoms with Crippen molar-refractivity contribution in [1.82, 2.24) is 0 Å². The Kier molecular flexibility index (Phi) is 4.13. The summed E-state index contributed by atoms with van der Waals surface area (Å²) in [6.45, 7) is 6.59. The van der Waals surface area contributed by atoms with Gasteiger partial charge in [0, 0.05) is 12.7 Å². The van der Waals surface area contributed by atoms with Crippen LogP contribution in [0.25, 0.3) is 0 Å². The second-order valence-electron chi connectivity index (χ2n) is 4.60. The molecule has 5 heteroatoms. The third kappa shape index (κ3) is 2.61. The molecule has 0 amide bonds. The lowest BCUT2D eigenvalue weighted by Crippen LogP contribution is -2.90. The first kappa shape index (κ1) is 12.8. The molecule has 3 N–H and O–H groups in total. The molecule has 1 aromatic rings. The van der Waals surface area contributed by atoms with E-state index in [9.17, 15) is 5.26 Å². The largest absolute Gasteiger partial charge is 0.380 e. The van der Waals surface area contributed by atoms with E-state index in [0.29, 0.717) is 12.2 Å². The van der Waals surface area contributed by atoms with Gasteiger partial charge < -0.3 is 10.1 Å². The van der Waals surface area contributed by atoms with E-state index in [1.54, 1.807) is 7.11 Å². The highest BCUT2D eigenvalue weighted by molar-refractivity contribution is 5.54. The first-order valence-electron chi connectivity index (χ1n) is 6.27. The van der Waals surface area contributed by atoms with E-state index in [2.05, 4.69) is 21.3 Å². The summed E-state index contributed by atoms with van der Waals surface area (Å²) >= 11 is 0. The first-order chi connectivity index (χ1) is 8.76. The van der Waals surface area contributed by atoms with Crippen molar-refractivity contribution < 1.29 is 15.0 Å². The number of nitrogens with zero attached hydrogens (tertiary/aromatic N) is 2. The molecule has 1 aromatic heterocycles. The van der Waals surface area contributed by atoms with E-state index in [4.69, 9.17) is 4.74 Å². The maximum Gasteiger partial charge on any atom is 0.293 e. The first-order valence-corrected chi connectivity index (χ1v) is 6.27. The highest BCUT2D eigenvalue weighted by Crippen LogP contribution is 2.19. The van der Waals surface area contributed by atoms with Crippen LogP contribution in [0.3, 0.4) is 0 Å². The number of aromatic nitrogens is 1. The molecule has 1 aliphatic heterocycles. The molecular weight excluding hydrogens is 228 g/mol. The van der Waals surface area contributed by atoms with Crippen LogP contribution < -0.4 is 15.2 Å². The average molecular weight is 248 g/mol. The van der Waals surface area contributed by atoms with Gasteiger partial charge in [-0.15, -0.1) is 0 Å². The van der Waals surface area contributed by atoms with Crippen molar-refractivity contribution in [2.45, 2.75) is 13.5 Å². The smallest absolute Gasteiger partial charge is 0.293 e. The molecule has 0 radical (unpaired) electrons. The van der Waals surface area contributed by atoms with Gasteiger partial charge in [-0.25, -0.2) is 9.88 Å². The second-order valence-corrected chi connectivity index (χ2v) is 4.60. The van der Waals surface area contributed by atoms with E-state index in [1.807, 2.05) is 13.0 Å². The molecule has 1 fully saturated rings. The zero-order valence-corrected chi connectivity index (χ0v) is 11.0. The molecule has 0 bridgehead atoms. The van der Waals surface area contributed by atoms with Crippen LogP contribution in [0, 0.1) is 18.3 Å². The SMILES string of the molecule is COCc1cc(C)[nH+]c(N2CC[NH2+]CC2)c1C#N. The summed E-state index contributed by atoms with van der Waals surface area (Å²) < 4.78 is 5.18. The van der Waals surface area contributed by atoms with Gasteiger partial charge >= 0.3 is 0 Å². The predicted octanol–water partition coefficient (Wildman–Crippen LogP) is -0.789. The molecule has 2 heterocycles. The number of H-pyrrole nitrogens is 1. The maximum atomic E-state index is 9.39. The standard InChI is InChI=1S/C13H18N4O/c1-10-7-11(9-18-2)12(8-14)13(16-10)17-5-3-15-4-6-17/h7,15H,3-6,9H2,1-2H3/p+2. The zero-order chi connectivity index (χ0) is 13.0. The number of ether oxygens (including phenoxy) is 1. The summed E-state index contributed by atoms with van der Waals surface area (Å²) in [5.41, 5.74) is 2.73. The maximum absolute atomic E-state index is 9.39. The number of hydrogen-bond acceptors (Lipinski definition) is 3. The van der Waals surface area contributed by atoms with Crippen molar-refractivity contribution in [3.63, 3.8) is 0 Å². The van der Waals surface area contributed by atoms with Crippen molar-refractivity contribution in [2.75, 3.05) is 38.2 Å². The molecular formula is C13H20N4O+2. The number of hydrogen-bond donors (Lipinski definition) is 1. The lowest BCUT2D eigenvalue weighted by atomic mass is 10.1. The van der Waals surface area contributed by atoms with Crippen LogP contribution in [0.4, 0.5) is 5.82 Å². The Morgan fingerprint density at radius 3 is 2.83 bits per heavy atom. The van der Waals surface area contributed by atoms with Gasteiger partial charge in [-0.05, 0) is 13.0 Å². The highest BCUT2D eigenvalue weighted by atomic mass is 16.5. The number of pyridine rings is 1. The molecule has 2 rings (SSSR count). The number of aryl methyl sites for hydroxylation is 1. The Balaban J connectivity index is 2.41. The van der Waals surface area contributed by atoms with Crippen molar-refractivity contribution in [1.29, 1.82) is 5.26 Å². The number of nitriles is 1. The second kappa shape index (κ2) is 5.80. The summed E-state index contributed by atoms with van der Waals surface area (Å²) in [5, 5.41) is 11.7. The number of aromatic amines is 1. The molecule has 96 valence electrons. The third-order valence-electron chi connectivity index (χ3n) is 3.20. The van der Waals surface area contributed by atoms with Crippen LogP contribution in [0.1, 0.15) is 16.8 Å². The van der Waals surface area contributed by atoms with E-state index >= 15 is 0 Å². The lowest BCUT2D eigenvalue weighted by molar-refractivity contribution is -0.656. The van der Waals surface area contributed by atoms with Gasteiger partial charge in [0.1, 0.15) is 37.8 Å². The van der Waals surface area contributed by atoms with Crippen molar-refractivity contribution in [2.24, 2.45) is 0 Å². The Labute approximate surface area is 107 Å². The number of methoxy groups -OCH3 is 1. The monoisotopic (exact) mass is 248 g/mol. The van der Waals surface area contributed by atoms with Crippen LogP contribution in [0.2, 0.25) is 0 Å². The van der Waals surface area contributed by atoms with Gasteiger partial charge in [-0.1, -0.05) is 0 Å². The van der Waals surface area contributed by atoms with E-state index in [-0.39, 0.29) is 0 Å². The molecule has 0 unspecified atom stereocenters. The van der Waals surface area contributed by atoms with Crippen LogP contribution >= 0.6 is 0 Å². The van der Waals surface area contributed by atoms with Gasteiger partial charge in [-0.2, -0.15) is 5.26 Å². The topological polar surface area (TPSA) is 67.0 Å². The summed E-state index contributed by atoms with van der Waals surface area (Å²) in [4.78, 5) is 5.58. The molecule has 0 saturated carbocycles. The molecule has 18 heavy (non-hydrogen) atoms. The third-order valence-corrected chi connectivity index (χ3v) is 3.20. The van der Waals surface area contributed by atoms with Gasteiger partial charge in [0.25, 0.3) is 5.82 Å². The van der Waals surface area contributed by atoms with Crippen LogP contribution in [0.15, 0.2) is 6.07 Å². The fourth-order valence-corrected chi connectivity index (χ4v) is 2.38. The zero-order valence-electron chi connectivity index (χ0n) is 11.0. The Hall–Kier alpha value is -1.64. The van der Waals surface area contributed by atoms with Gasteiger partial charge in [-0.3, -0.25) is 0 Å². The van der Waals surface area contributed by atoms with E-state index in [1.165, 1.54) is 0 Å². The van der Waals surface area contributed by atoms with Crippen molar-refractivity contribution in [3.05, 3.63) is 22.9 Å². The Morgan fingerprint density at radius 2 is 2.22 bits per heavy atom. The summed E-state index contributed by atoms with van der Waals surface area (Å²) in [6, 6.07) is 4.30. The minimum absolute atomic E-state index is 0.478. The van der Waals surface area contributed by atoms with Crippen molar-refractivity contribution >= 4 is 5.82 Å². The molecule has 0 aliphatic carbocycles. The minimum Gasteiger partial charge on any atom is -0.380 e. The summed E-state index contributed by atoms with van der Waals surface area (Å²) in [7, 11) is 1.66. The average Bonchev–Trinajstić information content (AvgIpc) is 2.39. The van der Waals surface area contributed by atoms with Gasteiger partial charge in [0.05, 0.1) is 12.3 Å². The van der Waals surface area contributed by atoms with Crippen LogP contribution in [-0.4, -0.2) is 33.3 Å². The summed E-state index contributed by atoms with van der Waals surface area (Å²) in [6.07, 6.45) is 0. The normalized spacial score (nSPS) is 15.5. The number of nitrogens with one attached hydrogen (secondary N) is 1. The minimum atomic E-state index is 0.478. The number of quaternary nitrogens is 1. The van der Waals surface area contributed by atoms with Gasteiger partial charge in [0.15, 0.2) is 0 Å². The molecule has 1 aliphatic rings. The molecule has 0 aromatic carbocycles. The summed E-state index contributed by atoms with van der Waals surface area (Å²) in [5.74, 6) is 0.942. The Bertz CT molecular complexity index is 461. The quantitative estimate of drug-likeness (QED) is 0.762. The number of rotatable bonds is 3. The van der Waals surface area contributed by atoms with Gasteiger partial charge in [0.2, 0.25) is 0 Å². The fourth-order valence-electron chi connectivity index (χ4n) is 2.38. The number of piperazine rings is 1. The molecule has 0 spiro atoms. The lowest BCUT2D eigenvalue weighted by Gasteiger charge is -2.21. The number of nitrogens with two attached hydrogens (primary N) is 1. The predicted molar refractivity (Wildman–Crippen MR) is 67.0 cm³/mol. The van der Waals surface area contributed by atoms with Crippen molar-refractivity contribution in [3.8, 4) is 6.07 Å².